The van der Waals surface area contributed by atoms with Crippen LogP contribution in [0.3, 0.4) is 0 Å². The number of carbonyl (C=O) groups is 1. The Morgan fingerprint density at radius 3 is 2.62 bits per heavy atom. The van der Waals surface area contributed by atoms with Crippen LogP contribution in [0.4, 0.5) is 29.5 Å². The normalized spacial score (nSPS) is 22.4. The number of urea groups is 1. The summed E-state index contributed by atoms with van der Waals surface area (Å²) in [6, 6.07) is 9.25. The van der Waals surface area contributed by atoms with Crippen LogP contribution in [0.1, 0.15) is 24.8 Å². The molecule has 3 aliphatic rings. The van der Waals surface area contributed by atoms with Crippen LogP contribution in [0.5, 0.6) is 5.88 Å². The Kier molecular flexibility index (Phi) is 8.18. The van der Waals surface area contributed by atoms with E-state index in [9.17, 15) is 18.0 Å². The zero-order valence-corrected chi connectivity index (χ0v) is 22.5. The van der Waals surface area contributed by atoms with Crippen molar-refractivity contribution in [3.63, 3.8) is 0 Å². The molecule has 2 aromatic rings. The van der Waals surface area contributed by atoms with Gasteiger partial charge in [0.25, 0.3) is 0 Å². The van der Waals surface area contributed by atoms with Crippen molar-refractivity contribution in [2.24, 2.45) is 5.92 Å². The van der Waals surface area contributed by atoms with Crippen molar-refractivity contribution in [2.75, 3.05) is 69.7 Å². The third kappa shape index (κ3) is 7.13. The number of morpholine rings is 1. The molecular formula is C28H36F3N5O3. The minimum Gasteiger partial charge on any atom is -0.473 e. The first-order chi connectivity index (χ1) is 18.6. The zero-order valence-electron chi connectivity index (χ0n) is 22.5. The van der Waals surface area contributed by atoms with Gasteiger partial charge in [-0.1, -0.05) is 6.07 Å². The van der Waals surface area contributed by atoms with Crippen molar-refractivity contribution in [3.8, 4) is 17.0 Å². The molecule has 3 saturated heterocycles. The number of nitrogens with one attached hydrogen (secondary N) is 1. The van der Waals surface area contributed by atoms with Crippen LogP contribution >= 0.6 is 0 Å². The Morgan fingerprint density at radius 1 is 1.10 bits per heavy atom. The number of nitrogens with zero attached hydrogens (tertiary/aromatic N) is 4. The summed E-state index contributed by atoms with van der Waals surface area (Å²) in [5.74, 6) is 0.826. The van der Waals surface area contributed by atoms with E-state index in [1.54, 1.807) is 0 Å². The van der Waals surface area contributed by atoms with Gasteiger partial charge < -0.3 is 29.5 Å². The van der Waals surface area contributed by atoms with Crippen molar-refractivity contribution in [1.82, 2.24) is 14.8 Å². The lowest BCUT2D eigenvalue weighted by Gasteiger charge is -2.29. The van der Waals surface area contributed by atoms with Crippen molar-refractivity contribution in [3.05, 3.63) is 35.9 Å². The first-order valence-corrected chi connectivity index (χ1v) is 13.6. The Hall–Kier alpha value is -3.05. The number of hydrogen-bond acceptors (Lipinski definition) is 6. The van der Waals surface area contributed by atoms with Gasteiger partial charge in [0.1, 0.15) is 11.9 Å². The van der Waals surface area contributed by atoms with E-state index in [1.165, 1.54) is 4.90 Å². The first-order valence-electron chi connectivity index (χ1n) is 13.6. The van der Waals surface area contributed by atoms with Crippen LogP contribution in [0.15, 0.2) is 30.3 Å². The maximum absolute atomic E-state index is 12.9. The molecule has 39 heavy (non-hydrogen) atoms. The fraction of sp³-hybridized carbons (Fsp3) is 0.571. The predicted octanol–water partition coefficient (Wildman–Crippen LogP) is 4.78. The van der Waals surface area contributed by atoms with Gasteiger partial charge in [-0.15, -0.1) is 0 Å². The molecule has 2 amide bonds. The maximum atomic E-state index is 12.9. The van der Waals surface area contributed by atoms with E-state index in [0.29, 0.717) is 37.7 Å². The van der Waals surface area contributed by atoms with E-state index in [2.05, 4.69) is 22.2 Å². The van der Waals surface area contributed by atoms with Crippen LogP contribution in [0.25, 0.3) is 11.1 Å². The van der Waals surface area contributed by atoms with Crippen LogP contribution in [-0.4, -0.2) is 92.6 Å². The molecule has 1 N–H and O–H groups in total. The third-order valence-corrected chi connectivity index (χ3v) is 7.65. The molecule has 212 valence electrons. The largest absolute Gasteiger partial charge is 0.473 e. The second kappa shape index (κ2) is 11.6. The molecule has 8 nitrogen and oxygen atoms in total. The number of pyridine rings is 1. The van der Waals surface area contributed by atoms with Gasteiger partial charge >= 0.3 is 12.2 Å². The number of halogens is 3. The minimum absolute atomic E-state index is 0.0728. The van der Waals surface area contributed by atoms with E-state index in [-0.39, 0.29) is 18.7 Å². The summed E-state index contributed by atoms with van der Waals surface area (Å²) >= 11 is 0. The highest BCUT2D eigenvalue weighted by Crippen LogP contribution is 2.34. The standard InChI is InChI=1S/C28H36F3N5O3/c1-19-3-4-22(32-27(37)36-8-5-20(17-36)16-28(29,30)31)15-24(19)21-13-25(35-9-11-38-12-10-35)33-26(14-21)39-23-6-7-34(2)18-23/h3-4,13-15,20,23H,5-12,16-18H2,1-2H3,(H,32,37)/t20?,23-/m1/s1. The molecule has 5 rings (SSSR count). The van der Waals surface area contributed by atoms with Gasteiger partial charge in [-0.25, -0.2) is 4.79 Å². The summed E-state index contributed by atoms with van der Waals surface area (Å²) in [6.45, 7) is 7.00. The lowest BCUT2D eigenvalue weighted by Crippen LogP contribution is -2.36. The van der Waals surface area contributed by atoms with Gasteiger partial charge in [-0.2, -0.15) is 18.2 Å². The Labute approximate surface area is 227 Å². The second-order valence-electron chi connectivity index (χ2n) is 10.8. The minimum atomic E-state index is -4.22. The predicted molar refractivity (Wildman–Crippen MR) is 143 cm³/mol. The number of anilines is 2. The molecule has 1 aromatic carbocycles. The molecule has 3 fully saturated rings. The number of alkyl halides is 3. The highest BCUT2D eigenvalue weighted by molar-refractivity contribution is 5.90. The Bertz CT molecular complexity index is 1170. The van der Waals surface area contributed by atoms with Crippen LogP contribution in [0.2, 0.25) is 0 Å². The number of benzene rings is 1. The number of hydrogen-bond donors (Lipinski definition) is 1. The number of likely N-dealkylation sites (N-methyl/N-ethyl adjacent to an activating group) is 1. The fourth-order valence-electron chi connectivity index (χ4n) is 5.55. The quantitative estimate of drug-likeness (QED) is 0.561. The lowest BCUT2D eigenvalue weighted by atomic mass is 10.00. The molecule has 0 aliphatic carbocycles. The molecule has 11 heteroatoms. The SMILES string of the molecule is Cc1ccc(NC(=O)N2CCC(CC(F)(F)F)C2)cc1-c1cc(O[C@@H]2CCN(C)C2)nc(N2CCOCC2)c1. The summed E-state index contributed by atoms with van der Waals surface area (Å²) in [5.41, 5.74) is 3.46. The number of aromatic nitrogens is 1. The van der Waals surface area contributed by atoms with Gasteiger partial charge in [0.15, 0.2) is 0 Å². The van der Waals surface area contributed by atoms with Crippen LogP contribution in [-0.2, 0) is 4.74 Å². The van der Waals surface area contributed by atoms with Crippen molar-refractivity contribution in [2.45, 2.75) is 38.5 Å². The molecule has 0 saturated carbocycles. The molecule has 4 heterocycles. The summed E-state index contributed by atoms with van der Waals surface area (Å²) in [7, 11) is 2.08. The summed E-state index contributed by atoms with van der Waals surface area (Å²) in [6.07, 6.45) is -3.71. The summed E-state index contributed by atoms with van der Waals surface area (Å²) in [4.78, 5) is 23.6. The second-order valence-corrected chi connectivity index (χ2v) is 10.8. The molecule has 2 atom stereocenters. The number of likely N-dealkylation sites (tertiary alicyclic amines) is 2. The smallest absolute Gasteiger partial charge is 0.389 e. The monoisotopic (exact) mass is 547 g/mol. The molecule has 0 radical (unpaired) electrons. The van der Waals surface area contributed by atoms with Gasteiger partial charge in [-0.05, 0) is 67.6 Å². The van der Waals surface area contributed by atoms with Crippen molar-refractivity contribution < 1.29 is 27.4 Å². The Morgan fingerprint density at radius 2 is 1.90 bits per heavy atom. The molecule has 0 spiro atoms. The van der Waals surface area contributed by atoms with E-state index in [1.807, 2.05) is 37.3 Å². The highest BCUT2D eigenvalue weighted by Gasteiger charge is 2.36. The average molecular weight is 548 g/mol. The molecular weight excluding hydrogens is 511 g/mol. The first kappa shape index (κ1) is 27.5. The third-order valence-electron chi connectivity index (χ3n) is 7.65. The van der Waals surface area contributed by atoms with E-state index in [0.717, 1.165) is 55.1 Å². The summed E-state index contributed by atoms with van der Waals surface area (Å²) < 4.78 is 50.2. The van der Waals surface area contributed by atoms with Gasteiger partial charge in [-0.3, -0.25) is 0 Å². The lowest BCUT2D eigenvalue weighted by molar-refractivity contribution is -0.143. The van der Waals surface area contributed by atoms with E-state index in [4.69, 9.17) is 14.5 Å². The number of amides is 2. The van der Waals surface area contributed by atoms with Crippen molar-refractivity contribution >= 4 is 17.5 Å². The number of carbonyl (C=O) groups excluding carboxylic acids is 1. The van der Waals surface area contributed by atoms with Crippen LogP contribution < -0.4 is 15.0 Å². The van der Waals surface area contributed by atoms with Gasteiger partial charge in [0.05, 0.1) is 13.2 Å². The number of rotatable bonds is 6. The van der Waals surface area contributed by atoms with E-state index < -0.39 is 18.5 Å². The van der Waals surface area contributed by atoms with Crippen molar-refractivity contribution in [1.29, 1.82) is 0 Å². The van der Waals surface area contributed by atoms with Crippen LogP contribution in [0, 0.1) is 12.8 Å². The molecule has 1 aromatic heterocycles. The van der Waals surface area contributed by atoms with Gasteiger partial charge in [0.2, 0.25) is 5.88 Å². The average Bonchev–Trinajstić information content (AvgIpc) is 3.53. The van der Waals surface area contributed by atoms with E-state index >= 15 is 0 Å². The number of ether oxygens (including phenoxy) is 2. The maximum Gasteiger partial charge on any atom is 0.389 e. The fourth-order valence-corrected chi connectivity index (χ4v) is 5.55. The molecule has 1 unspecified atom stereocenters. The highest BCUT2D eigenvalue weighted by atomic mass is 19.4. The topological polar surface area (TPSA) is 70.2 Å². The molecule has 0 bridgehead atoms. The molecule has 3 aliphatic heterocycles. The summed E-state index contributed by atoms with van der Waals surface area (Å²) in [5, 5.41) is 2.89. The zero-order chi connectivity index (χ0) is 27.6. The number of aryl methyl sites for hydroxylation is 1. The Balaban J connectivity index is 1.36. The van der Waals surface area contributed by atoms with Gasteiger partial charge in [0, 0.05) is 57.4 Å².